The van der Waals surface area contributed by atoms with Gasteiger partial charge in [-0.25, -0.2) is 0 Å². The lowest BCUT2D eigenvalue weighted by molar-refractivity contribution is 1.22. The molecule has 0 atom stereocenters. The molecule has 0 radical (unpaired) electrons. The summed E-state index contributed by atoms with van der Waals surface area (Å²) in [7, 11) is 0. The Morgan fingerprint density at radius 3 is 2.29 bits per heavy atom. The van der Waals surface area contributed by atoms with Crippen molar-refractivity contribution in [2.24, 2.45) is 0 Å². The van der Waals surface area contributed by atoms with E-state index in [1.165, 1.54) is 16.7 Å². The summed E-state index contributed by atoms with van der Waals surface area (Å²) in [6, 6.07) is 8.43. The van der Waals surface area contributed by atoms with Crippen LogP contribution in [0.25, 0.3) is 11.1 Å². The Hall–Kier alpha value is -1.30. The SMILES string of the molecule is C=C(C)c1ccccc1/C(C)=C/CC. The van der Waals surface area contributed by atoms with Gasteiger partial charge in [0.1, 0.15) is 0 Å². The lowest BCUT2D eigenvalue weighted by atomic mass is 9.96. The molecule has 0 aliphatic carbocycles. The third-order valence-corrected chi connectivity index (χ3v) is 2.32. The molecule has 1 aromatic carbocycles. The standard InChI is InChI=1S/C14H18/c1-5-8-12(4)14-10-7-6-9-13(14)11(2)3/h6-10H,2,5H2,1,3-4H3/b12-8+. The van der Waals surface area contributed by atoms with E-state index >= 15 is 0 Å². The summed E-state index contributed by atoms with van der Waals surface area (Å²) in [5, 5.41) is 0. The summed E-state index contributed by atoms with van der Waals surface area (Å²) in [5.74, 6) is 0. The van der Waals surface area contributed by atoms with Crippen LogP contribution < -0.4 is 0 Å². The molecule has 1 aromatic rings. The summed E-state index contributed by atoms with van der Waals surface area (Å²) in [4.78, 5) is 0. The number of benzene rings is 1. The van der Waals surface area contributed by atoms with E-state index in [4.69, 9.17) is 0 Å². The first-order valence-electron chi connectivity index (χ1n) is 5.08. The van der Waals surface area contributed by atoms with Gasteiger partial charge in [0.15, 0.2) is 0 Å². The first-order valence-corrected chi connectivity index (χ1v) is 5.08. The Labute approximate surface area is 87.0 Å². The molecule has 14 heavy (non-hydrogen) atoms. The van der Waals surface area contributed by atoms with Gasteiger partial charge in [0.05, 0.1) is 0 Å². The molecule has 0 aliphatic rings. The zero-order chi connectivity index (χ0) is 10.6. The van der Waals surface area contributed by atoms with Crippen LogP contribution in [0.2, 0.25) is 0 Å². The molecule has 0 saturated carbocycles. The lowest BCUT2D eigenvalue weighted by Crippen LogP contribution is -1.88. The highest BCUT2D eigenvalue weighted by atomic mass is 14.1. The summed E-state index contributed by atoms with van der Waals surface area (Å²) < 4.78 is 0. The van der Waals surface area contributed by atoms with E-state index in [1.807, 2.05) is 0 Å². The normalized spacial score (nSPS) is 11.5. The van der Waals surface area contributed by atoms with E-state index in [1.54, 1.807) is 0 Å². The topological polar surface area (TPSA) is 0 Å². The molecular weight excluding hydrogens is 168 g/mol. The number of hydrogen-bond donors (Lipinski definition) is 0. The molecule has 74 valence electrons. The van der Waals surface area contributed by atoms with E-state index in [0.29, 0.717) is 0 Å². The monoisotopic (exact) mass is 186 g/mol. The minimum absolute atomic E-state index is 1.08. The molecule has 0 fully saturated rings. The van der Waals surface area contributed by atoms with Gasteiger partial charge in [0.25, 0.3) is 0 Å². The molecule has 0 nitrogen and oxygen atoms in total. The van der Waals surface area contributed by atoms with E-state index in [2.05, 4.69) is 57.7 Å². The number of rotatable bonds is 3. The van der Waals surface area contributed by atoms with Crippen molar-refractivity contribution in [1.82, 2.24) is 0 Å². The third kappa shape index (κ3) is 2.35. The molecule has 0 heteroatoms. The van der Waals surface area contributed by atoms with Gasteiger partial charge in [-0.2, -0.15) is 0 Å². The van der Waals surface area contributed by atoms with Crippen molar-refractivity contribution in [3.05, 3.63) is 48.0 Å². The first-order chi connectivity index (χ1) is 6.66. The highest BCUT2D eigenvalue weighted by molar-refractivity contribution is 5.77. The number of hydrogen-bond acceptors (Lipinski definition) is 0. The molecular formula is C14H18. The zero-order valence-corrected chi connectivity index (χ0v) is 9.30. The van der Waals surface area contributed by atoms with Crippen LogP contribution in [-0.2, 0) is 0 Å². The Morgan fingerprint density at radius 1 is 1.21 bits per heavy atom. The van der Waals surface area contributed by atoms with Gasteiger partial charge < -0.3 is 0 Å². The molecule has 0 N–H and O–H groups in total. The summed E-state index contributed by atoms with van der Waals surface area (Å²) in [5.41, 5.74) is 5.03. The Kier molecular flexibility index (Phi) is 3.70. The van der Waals surface area contributed by atoms with Crippen molar-refractivity contribution >= 4 is 11.1 Å². The molecule has 0 heterocycles. The summed E-state index contributed by atoms with van der Waals surface area (Å²) >= 11 is 0. The van der Waals surface area contributed by atoms with Gasteiger partial charge in [0.2, 0.25) is 0 Å². The molecule has 0 bridgehead atoms. The van der Waals surface area contributed by atoms with Crippen molar-refractivity contribution in [2.45, 2.75) is 27.2 Å². The predicted molar refractivity (Wildman–Crippen MR) is 65.1 cm³/mol. The van der Waals surface area contributed by atoms with Crippen LogP contribution in [0.15, 0.2) is 36.9 Å². The van der Waals surface area contributed by atoms with E-state index in [-0.39, 0.29) is 0 Å². The fraction of sp³-hybridized carbons (Fsp3) is 0.286. The maximum atomic E-state index is 4.00. The van der Waals surface area contributed by atoms with Crippen LogP contribution >= 0.6 is 0 Å². The van der Waals surface area contributed by atoms with Crippen LogP contribution in [0.1, 0.15) is 38.3 Å². The summed E-state index contributed by atoms with van der Waals surface area (Å²) in [6.45, 7) is 10.4. The fourth-order valence-corrected chi connectivity index (χ4v) is 1.62. The van der Waals surface area contributed by atoms with E-state index < -0.39 is 0 Å². The van der Waals surface area contributed by atoms with Crippen LogP contribution in [-0.4, -0.2) is 0 Å². The second-order valence-electron chi connectivity index (χ2n) is 3.62. The van der Waals surface area contributed by atoms with E-state index in [0.717, 1.165) is 12.0 Å². The Balaban J connectivity index is 3.20. The van der Waals surface area contributed by atoms with Gasteiger partial charge in [-0.15, -0.1) is 0 Å². The van der Waals surface area contributed by atoms with Crippen molar-refractivity contribution < 1.29 is 0 Å². The fourth-order valence-electron chi connectivity index (χ4n) is 1.62. The highest BCUT2D eigenvalue weighted by Crippen LogP contribution is 2.24. The molecule has 0 unspecified atom stereocenters. The van der Waals surface area contributed by atoms with Crippen molar-refractivity contribution in [3.8, 4) is 0 Å². The third-order valence-electron chi connectivity index (χ3n) is 2.32. The van der Waals surface area contributed by atoms with Gasteiger partial charge >= 0.3 is 0 Å². The van der Waals surface area contributed by atoms with Gasteiger partial charge in [0, 0.05) is 0 Å². The maximum absolute atomic E-state index is 4.00. The van der Waals surface area contributed by atoms with Crippen LogP contribution in [0.3, 0.4) is 0 Å². The minimum atomic E-state index is 1.08. The molecule has 1 rings (SSSR count). The maximum Gasteiger partial charge on any atom is -0.0155 e. The average molecular weight is 186 g/mol. The van der Waals surface area contributed by atoms with Gasteiger partial charge in [-0.1, -0.05) is 49.4 Å². The molecule has 0 amide bonds. The Morgan fingerprint density at radius 2 is 1.79 bits per heavy atom. The van der Waals surface area contributed by atoms with Gasteiger partial charge in [-0.3, -0.25) is 0 Å². The zero-order valence-electron chi connectivity index (χ0n) is 9.30. The molecule has 0 aromatic heterocycles. The predicted octanol–water partition coefficient (Wildman–Crippen LogP) is 4.53. The summed E-state index contributed by atoms with van der Waals surface area (Å²) in [6.07, 6.45) is 3.33. The van der Waals surface area contributed by atoms with Crippen LogP contribution in [0, 0.1) is 0 Å². The minimum Gasteiger partial charge on any atom is -0.0955 e. The first kappa shape index (κ1) is 10.8. The second kappa shape index (κ2) is 4.80. The molecule has 0 saturated heterocycles. The highest BCUT2D eigenvalue weighted by Gasteiger charge is 2.02. The smallest absolute Gasteiger partial charge is 0.0155 e. The molecule has 0 spiro atoms. The Bertz CT molecular complexity index is 356. The van der Waals surface area contributed by atoms with E-state index in [9.17, 15) is 0 Å². The van der Waals surface area contributed by atoms with Gasteiger partial charge in [-0.05, 0) is 37.0 Å². The molecule has 0 aliphatic heterocycles. The van der Waals surface area contributed by atoms with Crippen LogP contribution in [0.4, 0.5) is 0 Å². The van der Waals surface area contributed by atoms with Crippen molar-refractivity contribution in [1.29, 1.82) is 0 Å². The largest absolute Gasteiger partial charge is 0.0955 e. The second-order valence-corrected chi connectivity index (χ2v) is 3.62. The average Bonchev–Trinajstić information content (AvgIpc) is 2.18. The lowest BCUT2D eigenvalue weighted by Gasteiger charge is -2.09. The number of allylic oxidation sites excluding steroid dienone is 3. The van der Waals surface area contributed by atoms with Crippen LogP contribution in [0.5, 0.6) is 0 Å². The van der Waals surface area contributed by atoms with Crippen molar-refractivity contribution in [3.63, 3.8) is 0 Å². The quantitative estimate of drug-likeness (QED) is 0.650. The van der Waals surface area contributed by atoms with Crippen molar-refractivity contribution in [2.75, 3.05) is 0 Å².